The van der Waals surface area contributed by atoms with Crippen LogP contribution in [0.2, 0.25) is 0 Å². The Bertz CT molecular complexity index is 719. The zero-order valence-electron chi connectivity index (χ0n) is 13.2. The topological polar surface area (TPSA) is 63.5 Å². The number of hydrogen-bond donors (Lipinski definition) is 0. The largest absolute Gasteiger partial charge is 0.335 e. The van der Waals surface area contributed by atoms with Gasteiger partial charge in [0.15, 0.2) is 0 Å². The zero-order chi connectivity index (χ0) is 17.0. The first kappa shape index (κ1) is 17.0. The van der Waals surface area contributed by atoms with Crippen LogP contribution in [0.4, 0.5) is 5.69 Å². The summed E-state index contributed by atoms with van der Waals surface area (Å²) in [6.45, 7) is 1.90. The van der Waals surface area contributed by atoms with Gasteiger partial charge in [0.05, 0.1) is 11.0 Å². The highest BCUT2D eigenvalue weighted by Crippen LogP contribution is 2.28. The van der Waals surface area contributed by atoms with Crippen LogP contribution in [0.15, 0.2) is 53.4 Å². The summed E-state index contributed by atoms with van der Waals surface area (Å²) < 4.78 is 0. The van der Waals surface area contributed by atoms with Gasteiger partial charge in [-0.15, -0.1) is 11.8 Å². The second kappa shape index (κ2) is 7.28. The molecule has 1 unspecified atom stereocenters. The lowest BCUT2D eigenvalue weighted by Crippen LogP contribution is -2.30. The van der Waals surface area contributed by atoms with Crippen molar-refractivity contribution < 1.29 is 9.72 Å². The first-order valence-electron chi connectivity index (χ1n) is 7.10. The number of rotatable bonds is 5. The number of nitro benzene ring substituents is 1. The van der Waals surface area contributed by atoms with E-state index in [-0.39, 0.29) is 23.2 Å². The molecule has 1 amide bonds. The maximum atomic E-state index is 12.8. The van der Waals surface area contributed by atoms with Gasteiger partial charge in [0.1, 0.15) is 5.56 Å². The van der Waals surface area contributed by atoms with Crippen molar-refractivity contribution in [2.45, 2.75) is 17.9 Å². The second-order valence-electron chi connectivity index (χ2n) is 5.14. The molecule has 0 N–H and O–H groups in total. The standard InChI is InChI=1S/C17H18N2O3S/c1-12(13-7-5-4-6-8-13)18(2)17(20)15-11-14(23-3)9-10-16(15)19(21)22/h4-12H,1-3H3. The fourth-order valence-corrected chi connectivity index (χ4v) is 2.73. The molecular formula is C17H18N2O3S. The molecule has 0 fully saturated rings. The van der Waals surface area contributed by atoms with E-state index in [9.17, 15) is 14.9 Å². The van der Waals surface area contributed by atoms with Crippen LogP contribution in [0.25, 0.3) is 0 Å². The zero-order valence-corrected chi connectivity index (χ0v) is 14.0. The Morgan fingerprint density at radius 3 is 2.43 bits per heavy atom. The average molecular weight is 330 g/mol. The Morgan fingerprint density at radius 2 is 1.87 bits per heavy atom. The molecule has 0 aromatic heterocycles. The number of hydrogen-bond acceptors (Lipinski definition) is 4. The van der Waals surface area contributed by atoms with E-state index >= 15 is 0 Å². The Hall–Kier alpha value is -2.34. The molecule has 23 heavy (non-hydrogen) atoms. The van der Waals surface area contributed by atoms with Crippen molar-refractivity contribution in [3.05, 3.63) is 69.8 Å². The van der Waals surface area contributed by atoms with Crippen molar-refractivity contribution in [2.75, 3.05) is 13.3 Å². The highest BCUT2D eigenvalue weighted by atomic mass is 32.2. The summed E-state index contributed by atoms with van der Waals surface area (Å²) in [6, 6.07) is 14.0. The SMILES string of the molecule is CSc1ccc([N+](=O)[O-])c(C(=O)N(C)C(C)c2ccccc2)c1. The molecule has 120 valence electrons. The summed E-state index contributed by atoms with van der Waals surface area (Å²) in [5, 5.41) is 11.2. The van der Waals surface area contributed by atoms with Crippen molar-refractivity contribution in [1.82, 2.24) is 4.90 Å². The molecule has 0 heterocycles. The van der Waals surface area contributed by atoms with Crippen LogP contribution in [-0.2, 0) is 0 Å². The normalized spacial score (nSPS) is 11.8. The number of carbonyl (C=O) groups excluding carboxylic acids is 1. The molecule has 5 nitrogen and oxygen atoms in total. The quantitative estimate of drug-likeness (QED) is 0.469. The van der Waals surface area contributed by atoms with Gasteiger partial charge >= 0.3 is 0 Å². The van der Waals surface area contributed by atoms with Crippen LogP contribution >= 0.6 is 11.8 Å². The van der Waals surface area contributed by atoms with Crippen LogP contribution < -0.4 is 0 Å². The molecule has 2 rings (SSSR count). The minimum Gasteiger partial charge on any atom is -0.335 e. The van der Waals surface area contributed by atoms with Crippen molar-refractivity contribution >= 4 is 23.4 Å². The maximum absolute atomic E-state index is 12.8. The summed E-state index contributed by atoms with van der Waals surface area (Å²) in [7, 11) is 1.66. The van der Waals surface area contributed by atoms with E-state index < -0.39 is 4.92 Å². The molecule has 0 radical (unpaired) electrons. The van der Waals surface area contributed by atoms with Crippen LogP contribution in [0.3, 0.4) is 0 Å². The van der Waals surface area contributed by atoms with Gasteiger partial charge in [-0.3, -0.25) is 14.9 Å². The van der Waals surface area contributed by atoms with Gasteiger partial charge in [-0.2, -0.15) is 0 Å². The van der Waals surface area contributed by atoms with Crippen LogP contribution in [0.5, 0.6) is 0 Å². The lowest BCUT2D eigenvalue weighted by Gasteiger charge is -2.25. The summed E-state index contributed by atoms with van der Waals surface area (Å²) in [4.78, 5) is 25.8. The van der Waals surface area contributed by atoms with E-state index in [1.54, 1.807) is 19.2 Å². The lowest BCUT2D eigenvalue weighted by molar-refractivity contribution is -0.385. The molecule has 0 saturated carbocycles. The molecule has 0 aliphatic rings. The molecule has 0 aliphatic carbocycles. The van der Waals surface area contributed by atoms with Crippen LogP contribution in [-0.4, -0.2) is 29.0 Å². The van der Waals surface area contributed by atoms with E-state index in [1.165, 1.54) is 22.7 Å². The number of nitrogens with zero attached hydrogens (tertiary/aromatic N) is 2. The summed E-state index contributed by atoms with van der Waals surface area (Å²) in [5.41, 5.74) is 0.930. The number of thioether (sulfide) groups is 1. The fraction of sp³-hybridized carbons (Fsp3) is 0.235. The molecule has 0 bridgehead atoms. The van der Waals surface area contributed by atoms with E-state index in [4.69, 9.17) is 0 Å². The molecular weight excluding hydrogens is 312 g/mol. The van der Waals surface area contributed by atoms with Crippen molar-refractivity contribution in [2.24, 2.45) is 0 Å². The van der Waals surface area contributed by atoms with Crippen molar-refractivity contribution in [3.63, 3.8) is 0 Å². The second-order valence-corrected chi connectivity index (χ2v) is 6.02. The number of carbonyl (C=O) groups is 1. The molecule has 0 saturated heterocycles. The third-order valence-corrected chi connectivity index (χ3v) is 4.54. The highest BCUT2D eigenvalue weighted by molar-refractivity contribution is 7.98. The van der Waals surface area contributed by atoms with Gasteiger partial charge < -0.3 is 4.90 Å². The Kier molecular flexibility index (Phi) is 5.39. The van der Waals surface area contributed by atoms with Gasteiger partial charge in [-0.25, -0.2) is 0 Å². The average Bonchev–Trinajstić information content (AvgIpc) is 2.59. The number of amides is 1. The molecule has 6 heteroatoms. The lowest BCUT2D eigenvalue weighted by atomic mass is 10.1. The van der Waals surface area contributed by atoms with Crippen LogP contribution in [0, 0.1) is 10.1 Å². The first-order valence-corrected chi connectivity index (χ1v) is 8.32. The molecule has 0 aliphatic heterocycles. The minimum absolute atomic E-state index is 0.118. The predicted molar refractivity (Wildman–Crippen MR) is 91.8 cm³/mol. The number of nitro groups is 1. The summed E-state index contributed by atoms with van der Waals surface area (Å²) in [5.74, 6) is -0.357. The minimum atomic E-state index is -0.516. The van der Waals surface area contributed by atoms with Crippen LogP contribution in [0.1, 0.15) is 28.9 Å². The molecule has 2 aromatic rings. The van der Waals surface area contributed by atoms with Crippen molar-refractivity contribution in [1.29, 1.82) is 0 Å². The Morgan fingerprint density at radius 1 is 1.22 bits per heavy atom. The Balaban J connectivity index is 2.37. The van der Waals surface area contributed by atoms with Gasteiger partial charge in [-0.1, -0.05) is 30.3 Å². The summed E-state index contributed by atoms with van der Waals surface area (Å²) >= 11 is 1.44. The maximum Gasteiger partial charge on any atom is 0.282 e. The fourth-order valence-electron chi connectivity index (χ4n) is 2.29. The predicted octanol–water partition coefficient (Wildman–Crippen LogP) is 4.15. The van der Waals surface area contributed by atoms with Crippen molar-refractivity contribution in [3.8, 4) is 0 Å². The summed E-state index contributed by atoms with van der Waals surface area (Å²) in [6.07, 6.45) is 1.87. The molecule has 0 spiro atoms. The number of benzene rings is 2. The third-order valence-electron chi connectivity index (χ3n) is 3.81. The van der Waals surface area contributed by atoms with Gasteiger partial charge in [0.25, 0.3) is 11.6 Å². The van der Waals surface area contributed by atoms with E-state index in [2.05, 4.69) is 0 Å². The Labute approximate surface area is 139 Å². The monoisotopic (exact) mass is 330 g/mol. The van der Waals surface area contributed by atoms with Gasteiger partial charge in [0, 0.05) is 18.0 Å². The molecule has 2 aromatic carbocycles. The van der Waals surface area contributed by atoms with E-state index in [0.717, 1.165) is 10.5 Å². The van der Waals surface area contributed by atoms with Gasteiger partial charge in [0.2, 0.25) is 0 Å². The molecule has 1 atom stereocenters. The van der Waals surface area contributed by atoms with E-state index in [0.29, 0.717) is 0 Å². The first-order chi connectivity index (χ1) is 11.0. The van der Waals surface area contributed by atoms with Gasteiger partial charge in [-0.05, 0) is 30.9 Å². The highest BCUT2D eigenvalue weighted by Gasteiger charge is 2.26. The van der Waals surface area contributed by atoms with E-state index in [1.807, 2.05) is 43.5 Å². The smallest absolute Gasteiger partial charge is 0.282 e. The third kappa shape index (κ3) is 3.71.